The van der Waals surface area contributed by atoms with Crippen molar-refractivity contribution in [2.24, 2.45) is 5.73 Å². The fourth-order valence-electron chi connectivity index (χ4n) is 1.29. The van der Waals surface area contributed by atoms with Crippen molar-refractivity contribution in [1.29, 1.82) is 0 Å². The van der Waals surface area contributed by atoms with Gasteiger partial charge in [-0.3, -0.25) is 4.57 Å². The van der Waals surface area contributed by atoms with Crippen molar-refractivity contribution in [3.05, 3.63) is 18.7 Å². The number of nitrogens with two attached hydrogens (primary N) is 1. The Morgan fingerprint density at radius 2 is 2.13 bits per heavy atom. The van der Waals surface area contributed by atoms with Crippen molar-refractivity contribution in [3.63, 3.8) is 0 Å². The summed E-state index contributed by atoms with van der Waals surface area (Å²) in [4.78, 5) is 15.2. The van der Waals surface area contributed by atoms with Gasteiger partial charge in [0.15, 0.2) is 0 Å². The van der Waals surface area contributed by atoms with Crippen LogP contribution in [0.25, 0.3) is 0 Å². The van der Waals surface area contributed by atoms with Gasteiger partial charge in [-0.15, -0.1) is 0 Å². The van der Waals surface area contributed by atoms with Crippen LogP contribution in [0, 0.1) is 0 Å². The number of imidazole rings is 1. The zero-order chi connectivity index (χ0) is 10.9. The highest BCUT2D eigenvalue weighted by Crippen LogP contribution is 1.97. The summed E-state index contributed by atoms with van der Waals surface area (Å²) < 4.78 is 1.43. The SMILES string of the molecule is NCCCCCCNC(=O)n1ccnc1. The number of nitrogens with zero attached hydrogens (tertiary/aromatic N) is 2. The fourth-order valence-corrected chi connectivity index (χ4v) is 1.29. The van der Waals surface area contributed by atoms with Gasteiger partial charge >= 0.3 is 6.03 Å². The van der Waals surface area contributed by atoms with E-state index in [-0.39, 0.29) is 6.03 Å². The highest BCUT2D eigenvalue weighted by molar-refractivity contribution is 5.76. The predicted octanol–water partition coefficient (Wildman–Crippen LogP) is 0.960. The van der Waals surface area contributed by atoms with E-state index >= 15 is 0 Å². The smallest absolute Gasteiger partial charge is 0.326 e. The minimum absolute atomic E-state index is 0.119. The lowest BCUT2D eigenvalue weighted by Gasteiger charge is -2.04. The van der Waals surface area contributed by atoms with E-state index < -0.39 is 0 Å². The van der Waals surface area contributed by atoms with Crippen LogP contribution < -0.4 is 11.1 Å². The van der Waals surface area contributed by atoms with Gasteiger partial charge in [0.2, 0.25) is 0 Å². The minimum atomic E-state index is -0.119. The van der Waals surface area contributed by atoms with Crippen LogP contribution in [0.4, 0.5) is 4.79 Å². The quantitative estimate of drug-likeness (QED) is 0.687. The Labute approximate surface area is 89.7 Å². The van der Waals surface area contributed by atoms with Gasteiger partial charge < -0.3 is 11.1 Å². The fraction of sp³-hybridized carbons (Fsp3) is 0.600. The molecule has 1 aromatic heterocycles. The Balaban J connectivity index is 2.03. The van der Waals surface area contributed by atoms with Crippen LogP contribution in [0.1, 0.15) is 25.7 Å². The molecule has 0 spiro atoms. The predicted molar refractivity (Wildman–Crippen MR) is 58.5 cm³/mol. The molecule has 0 aromatic carbocycles. The van der Waals surface area contributed by atoms with Gasteiger partial charge in [-0.2, -0.15) is 0 Å². The standard InChI is InChI=1S/C10H18N4O/c11-5-3-1-2-4-6-13-10(15)14-8-7-12-9-14/h7-9H,1-6,11H2,(H,13,15). The first-order chi connectivity index (χ1) is 7.34. The van der Waals surface area contributed by atoms with Gasteiger partial charge in [-0.1, -0.05) is 12.8 Å². The Morgan fingerprint density at radius 3 is 2.80 bits per heavy atom. The molecule has 1 amide bonds. The molecule has 1 rings (SSSR count). The molecule has 0 atom stereocenters. The first-order valence-corrected chi connectivity index (χ1v) is 5.31. The van der Waals surface area contributed by atoms with Crippen molar-refractivity contribution in [2.75, 3.05) is 13.1 Å². The molecule has 84 valence electrons. The van der Waals surface area contributed by atoms with E-state index in [2.05, 4.69) is 10.3 Å². The minimum Gasteiger partial charge on any atom is -0.337 e. The lowest BCUT2D eigenvalue weighted by atomic mass is 10.2. The summed E-state index contributed by atoms with van der Waals surface area (Å²) in [5.74, 6) is 0. The van der Waals surface area contributed by atoms with E-state index in [1.54, 1.807) is 12.4 Å². The molecule has 0 aliphatic rings. The van der Waals surface area contributed by atoms with Crippen LogP contribution in [0.5, 0.6) is 0 Å². The topological polar surface area (TPSA) is 72.9 Å². The van der Waals surface area contributed by atoms with Gasteiger partial charge in [0, 0.05) is 18.9 Å². The lowest BCUT2D eigenvalue weighted by molar-refractivity contribution is 0.242. The first-order valence-electron chi connectivity index (χ1n) is 5.31. The van der Waals surface area contributed by atoms with E-state index in [1.807, 2.05) is 0 Å². The number of amides is 1. The normalized spacial score (nSPS) is 10.2. The van der Waals surface area contributed by atoms with E-state index in [0.717, 1.165) is 32.2 Å². The zero-order valence-corrected chi connectivity index (χ0v) is 8.85. The molecule has 0 fully saturated rings. The summed E-state index contributed by atoms with van der Waals surface area (Å²) in [6.45, 7) is 1.46. The highest BCUT2D eigenvalue weighted by Gasteiger charge is 2.00. The van der Waals surface area contributed by atoms with Crippen LogP contribution in [-0.4, -0.2) is 28.7 Å². The Bertz CT molecular complexity index is 271. The third kappa shape index (κ3) is 4.60. The van der Waals surface area contributed by atoms with Crippen LogP contribution in [-0.2, 0) is 0 Å². The largest absolute Gasteiger partial charge is 0.337 e. The maximum Gasteiger partial charge on any atom is 0.326 e. The maximum absolute atomic E-state index is 11.4. The van der Waals surface area contributed by atoms with Gasteiger partial charge in [-0.05, 0) is 19.4 Å². The monoisotopic (exact) mass is 210 g/mol. The number of carbonyl (C=O) groups is 1. The average Bonchev–Trinajstić information content (AvgIpc) is 2.76. The van der Waals surface area contributed by atoms with Crippen molar-refractivity contribution in [1.82, 2.24) is 14.9 Å². The number of unbranched alkanes of at least 4 members (excludes halogenated alkanes) is 3. The number of nitrogens with one attached hydrogen (secondary N) is 1. The molecule has 0 aliphatic carbocycles. The van der Waals surface area contributed by atoms with Gasteiger partial charge in [0.05, 0.1) is 0 Å². The number of aromatic nitrogens is 2. The first kappa shape index (κ1) is 11.7. The molecule has 5 heteroatoms. The molecule has 0 saturated heterocycles. The molecular formula is C10H18N4O. The van der Waals surface area contributed by atoms with Crippen LogP contribution in [0.15, 0.2) is 18.7 Å². The number of rotatable bonds is 6. The Hall–Kier alpha value is -1.36. The molecule has 0 aliphatic heterocycles. The molecule has 3 N–H and O–H groups in total. The second kappa shape index (κ2) is 7.00. The summed E-state index contributed by atoms with van der Waals surface area (Å²) in [6.07, 6.45) is 9.02. The van der Waals surface area contributed by atoms with E-state index in [0.29, 0.717) is 6.54 Å². The molecular weight excluding hydrogens is 192 g/mol. The summed E-state index contributed by atoms with van der Waals surface area (Å²) in [5.41, 5.74) is 5.38. The van der Waals surface area contributed by atoms with Gasteiger partial charge in [0.25, 0.3) is 0 Å². The summed E-state index contributed by atoms with van der Waals surface area (Å²) in [5, 5.41) is 2.81. The van der Waals surface area contributed by atoms with Crippen LogP contribution in [0.2, 0.25) is 0 Å². The second-order valence-electron chi connectivity index (χ2n) is 3.40. The Morgan fingerprint density at radius 1 is 1.33 bits per heavy atom. The summed E-state index contributed by atoms with van der Waals surface area (Å²) in [7, 11) is 0. The molecule has 0 saturated carbocycles. The molecule has 0 radical (unpaired) electrons. The van der Waals surface area contributed by atoms with Crippen molar-refractivity contribution in [2.45, 2.75) is 25.7 Å². The summed E-state index contributed by atoms with van der Waals surface area (Å²) >= 11 is 0. The molecule has 0 unspecified atom stereocenters. The van der Waals surface area contributed by atoms with Crippen molar-refractivity contribution >= 4 is 6.03 Å². The van der Waals surface area contributed by atoms with E-state index in [4.69, 9.17) is 5.73 Å². The molecule has 5 nitrogen and oxygen atoms in total. The maximum atomic E-state index is 11.4. The number of hydrogen-bond acceptors (Lipinski definition) is 3. The average molecular weight is 210 g/mol. The van der Waals surface area contributed by atoms with Crippen LogP contribution >= 0.6 is 0 Å². The second-order valence-corrected chi connectivity index (χ2v) is 3.40. The van der Waals surface area contributed by atoms with Gasteiger partial charge in [-0.25, -0.2) is 9.78 Å². The number of carbonyl (C=O) groups excluding carboxylic acids is 1. The zero-order valence-electron chi connectivity index (χ0n) is 8.85. The van der Waals surface area contributed by atoms with Crippen molar-refractivity contribution in [3.8, 4) is 0 Å². The third-order valence-electron chi connectivity index (χ3n) is 2.15. The van der Waals surface area contributed by atoms with E-state index in [1.165, 1.54) is 10.9 Å². The lowest BCUT2D eigenvalue weighted by Crippen LogP contribution is -2.28. The number of hydrogen-bond donors (Lipinski definition) is 2. The summed E-state index contributed by atoms with van der Waals surface area (Å²) in [6, 6.07) is -0.119. The molecule has 0 bridgehead atoms. The van der Waals surface area contributed by atoms with Crippen LogP contribution in [0.3, 0.4) is 0 Å². The Kier molecular flexibility index (Phi) is 5.47. The van der Waals surface area contributed by atoms with Gasteiger partial charge in [0.1, 0.15) is 6.33 Å². The third-order valence-corrected chi connectivity index (χ3v) is 2.15. The highest BCUT2D eigenvalue weighted by atomic mass is 16.2. The van der Waals surface area contributed by atoms with Crippen molar-refractivity contribution < 1.29 is 4.79 Å². The van der Waals surface area contributed by atoms with E-state index in [9.17, 15) is 4.79 Å². The molecule has 15 heavy (non-hydrogen) atoms. The molecule has 1 aromatic rings. The molecule has 1 heterocycles.